The topological polar surface area (TPSA) is 49.9 Å². The number of nitrogens with one attached hydrogen (secondary N) is 1. The zero-order chi connectivity index (χ0) is 18.5. The van der Waals surface area contributed by atoms with E-state index < -0.39 is 0 Å². The van der Waals surface area contributed by atoms with Crippen LogP contribution in [-0.4, -0.2) is 47.3 Å². The van der Waals surface area contributed by atoms with Crippen molar-refractivity contribution in [3.63, 3.8) is 0 Å². The summed E-state index contributed by atoms with van der Waals surface area (Å²) in [4.78, 5) is 11.7. The largest absolute Gasteiger partial charge is 0.366 e. The van der Waals surface area contributed by atoms with Gasteiger partial charge >= 0.3 is 0 Å². The zero-order valence-electron chi connectivity index (χ0n) is 15.6. The first-order chi connectivity index (χ1) is 12.7. The van der Waals surface area contributed by atoms with Crippen LogP contribution in [0.3, 0.4) is 0 Å². The van der Waals surface area contributed by atoms with Crippen LogP contribution in [0, 0.1) is 0 Å². The fourth-order valence-electron chi connectivity index (χ4n) is 3.37. The average molecular weight is 358 g/mol. The summed E-state index contributed by atoms with van der Waals surface area (Å²) in [7, 11) is 1.73. The number of fused-ring (bicyclic) bond motifs is 1. The third-order valence-electron chi connectivity index (χ3n) is 4.69. The number of anilines is 2. The Bertz CT molecular complexity index is 823. The van der Waals surface area contributed by atoms with Crippen molar-refractivity contribution in [3.8, 4) is 0 Å². The van der Waals surface area contributed by atoms with E-state index in [1.807, 2.05) is 19.1 Å². The summed E-state index contributed by atoms with van der Waals surface area (Å²) in [6.45, 7) is 8.20. The van der Waals surface area contributed by atoms with E-state index in [4.69, 9.17) is 4.98 Å². The van der Waals surface area contributed by atoms with Crippen molar-refractivity contribution in [2.75, 3.05) is 36.9 Å². The van der Waals surface area contributed by atoms with Crippen LogP contribution in [0.1, 0.15) is 31.9 Å². The number of aryl methyl sites for hydroxylation is 1. The quantitative estimate of drug-likeness (QED) is 0.607. The van der Waals surface area contributed by atoms with Crippen molar-refractivity contribution in [2.24, 2.45) is 4.99 Å². The molecular formula is C19H27FN6. The molecule has 1 aliphatic rings. The minimum absolute atomic E-state index is 0.529. The molecule has 26 heavy (non-hydrogen) atoms. The summed E-state index contributed by atoms with van der Waals surface area (Å²) in [6, 6.07) is 1.93. The third-order valence-corrected chi connectivity index (χ3v) is 4.69. The van der Waals surface area contributed by atoms with Gasteiger partial charge in [-0.25, -0.2) is 4.98 Å². The summed E-state index contributed by atoms with van der Waals surface area (Å²) in [5.41, 5.74) is 2.28. The van der Waals surface area contributed by atoms with Crippen LogP contribution in [0.15, 0.2) is 35.4 Å². The molecule has 0 spiro atoms. The first-order valence-electron chi connectivity index (χ1n) is 9.21. The van der Waals surface area contributed by atoms with Gasteiger partial charge in [0, 0.05) is 39.0 Å². The maximum Gasteiger partial charge on any atom is 0.182 e. The summed E-state index contributed by atoms with van der Waals surface area (Å²) in [5.74, 6) is 1.60. The first kappa shape index (κ1) is 18.2. The van der Waals surface area contributed by atoms with E-state index in [0.717, 1.165) is 24.5 Å². The molecule has 0 saturated carbocycles. The van der Waals surface area contributed by atoms with Gasteiger partial charge in [-0.2, -0.15) is 4.52 Å². The lowest BCUT2D eigenvalue weighted by Crippen LogP contribution is -2.31. The van der Waals surface area contributed by atoms with Crippen molar-refractivity contribution >= 4 is 23.5 Å². The Morgan fingerprint density at radius 2 is 2.15 bits per heavy atom. The maximum atomic E-state index is 14.4. The second-order valence-corrected chi connectivity index (χ2v) is 6.46. The molecule has 0 radical (unpaired) electrons. The van der Waals surface area contributed by atoms with Gasteiger partial charge in [-0.1, -0.05) is 30.1 Å². The highest BCUT2D eigenvalue weighted by molar-refractivity contribution is 5.80. The van der Waals surface area contributed by atoms with Crippen molar-refractivity contribution in [1.29, 1.82) is 0 Å². The lowest BCUT2D eigenvalue weighted by molar-refractivity contribution is 0.260. The summed E-state index contributed by atoms with van der Waals surface area (Å²) in [5, 5.41) is 3.32. The monoisotopic (exact) mass is 358 g/mol. The summed E-state index contributed by atoms with van der Waals surface area (Å²) >= 11 is 0. The minimum Gasteiger partial charge on any atom is -0.366 e. The van der Waals surface area contributed by atoms with Gasteiger partial charge in [-0.15, -0.1) is 4.90 Å². The standard InChI is InChI=1S/C19H27FN6/c1-4-9-15(13-21-3)14-22-17-12-18(24-10-7-6-8-11-24)23-19-16(5-2)26(20)25(17)19/h4,9,12-13,22H,1,5-8,10-11,14H2,2-3H3/b15-9+,21-13?. The maximum absolute atomic E-state index is 14.4. The normalized spacial score (nSPS) is 16.0. The van der Waals surface area contributed by atoms with Gasteiger partial charge < -0.3 is 10.2 Å². The van der Waals surface area contributed by atoms with Crippen LogP contribution in [0.5, 0.6) is 0 Å². The van der Waals surface area contributed by atoms with Crippen LogP contribution in [-0.2, 0) is 6.42 Å². The molecule has 0 bridgehead atoms. The number of halogens is 1. The van der Waals surface area contributed by atoms with Crippen molar-refractivity contribution < 1.29 is 4.48 Å². The van der Waals surface area contributed by atoms with E-state index in [0.29, 0.717) is 35.0 Å². The lowest BCUT2D eigenvalue weighted by Gasteiger charge is -2.30. The van der Waals surface area contributed by atoms with E-state index >= 15 is 0 Å². The average Bonchev–Trinajstić information content (AvgIpc) is 2.66. The van der Waals surface area contributed by atoms with E-state index in [2.05, 4.69) is 21.8 Å². The third kappa shape index (κ3) is 3.52. The molecule has 0 amide bonds. The van der Waals surface area contributed by atoms with Gasteiger partial charge in [0.25, 0.3) is 0 Å². The number of rotatable bonds is 7. The van der Waals surface area contributed by atoms with Crippen molar-refractivity contribution in [3.05, 3.63) is 36.1 Å². The number of hydrogen-bond donors (Lipinski definition) is 1. The fourth-order valence-corrected chi connectivity index (χ4v) is 3.37. The molecule has 0 aliphatic carbocycles. The predicted octanol–water partition coefficient (Wildman–Crippen LogP) is 3.65. The fraction of sp³-hybridized carbons (Fsp3) is 0.474. The molecule has 1 fully saturated rings. The van der Waals surface area contributed by atoms with E-state index in [1.165, 1.54) is 23.8 Å². The van der Waals surface area contributed by atoms with Gasteiger partial charge in [-0.05, 0) is 31.3 Å². The molecule has 0 atom stereocenters. The van der Waals surface area contributed by atoms with E-state index in [9.17, 15) is 4.48 Å². The minimum atomic E-state index is 0.529. The van der Waals surface area contributed by atoms with Crippen molar-refractivity contribution in [1.82, 2.24) is 14.4 Å². The highest BCUT2D eigenvalue weighted by Gasteiger charge is 2.22. The molecule has 1 saturated heterocycles. The van der Waals surface area contributed by atoms with Gasteiger partial charge in [0.05, 0.1) is 0 Å². The first-order valence-corrected chi connectivity index (χ1v) is 9.21. The van der Waals surface area contributed by atoms with Crippen LogP contribution in [0.25, 0.3) is 5.65 Å². The zero-order valence-corrected chi connectivity index (χ0v) is 15.6. The van der Waals surface area contributed by atoms with Gasteiger partial charge in [0.2, 0.25) is 0 Å². The number of aromatic nitrogens is 3. The van der Waals surface area contributed by atoms with Gasteiger partial charge in [-0.3, -0.25) is 4.99 Å². The Morgan fingerprint density at radius 3 is 2.81 bits per heavy atom. The molecule has 1 N–H and O–H groups in total. The molecule has 2 aromatic rings. The van der Waals surface area contributed by atoms with Crippen molar-refractivity contribution in [2.45, 2.75) is 32.6 Å². The second kappa shape index (κ2) is 8.21. The van der Waals surface area contributed by atoms with Gasteiger partial charge in [0.1, 0.15) is 17.3 Å². The molecule has 2 aromatic heterocycles. The number of nitrogens with zero attached hydrogens (tertiary/aromatic N) is 5. The number of hydrogen-bond acceptors (Lipinski definition) is 4. The molecule has 0 unspecified atom stereocenters. The van der Waals surface area contributed by atoms with Crippen LogP contribution >= 0.6 is 0 Å². The Hall–Kier alpha value is -2.57. The highest BCUT2D eigenvalue weighted by Crippen LogP contribution is 2.27. The van der Waals surface area contributed by atoms with Crippen LogP contribution in [0.4, 0.5) is 16.1 Å². The molecule has 7 heteroatoms. The van der Waals surface area contributed by atoms with Gasteiger partial charge in [0.15, 0.2) is 5.65 Å². The van der Waals surface area contributed by atoms with Crippen LogP contribution in [0.2, 0.25) is 0 Å². The molecule has 3 rings (SSSR count). The Kier molecular flexibility index (Phi) is 5.75. The number of allylic oxidation sites excluding steroid dienone is 2. The summed E-state index contributed by atoms with van der Waals surface area (Å²) < 4.78 is 15.9. The molecule has 1 aliphatic heterocycles. The summed E-state index contributed by atoms with van der Waals surface area (Å²) in [6.07, 6.45) is 9.60. The SMILES string of the molecule is C=C/C=C(\C=NC)CNc1cc(N2CCCCC2)nc2c(CC)n(F)n12. The molecule has 6 nitrogen and oxygen atoms in total. The Morgan fingerprint density at radius 1 is 1.38 bits per heavy atom. The van der Waals surface area contributed by atoms with Crippen LogP contribution < -0.4 is 10.2 Å². The molecule has 3 heterocycles. The highest BCUT2D eigenvalue weighted by atomic mass is 19.2. The Labute approximate surface area is 153 Å². The predicted molar refractivity (Wildman–Crippen MR) is 106 cm³/mol. The van der Waals surface area contributed by atoms with E-state index in [-0.39, 0.29) is 0 Å². The second-order valence-electron chi connectivity index (χ2n) is 6.46. The molecule has 0 aromatic carbocycles. The molecular weight excluding hydrogens is 331 g/mol. The lowest BCUT2D eigenvalue weighted by atomic mass is 10.1. The molecule has 140 valence electrons. The number of piperidine rings is 1. The van der Waals surface area contributed by atoms with E-state index in [1.54, 1.807) is 19.3 Å². The number of aliphatic imine (C=N–C) groups is 1. The Balaban J connectivity index is 1.94. The smallest absolute Gasteiger partial charge is 0.182 e.